The molecular weight excluding hydrogens is 660 g/mol. The largest absolute Gasteiger partial charge is 0.381 e. The molecular formula is C38H59FN4O6S. The normalized spacial score (nSPS) is 16.6. The number of carbonyl (C=O) groups is 2. The van der Waals surface area contributed by atoms with Crippen LogP contribution in [0, 0.1) is 5.82 Å². The topological polar surface area (TPSA) is 93.7 Å². The highest BCUT2D eigenvalue weighted by molar-refractivity contribution is 7.09. The molecule has 0 unspecified atom stereocenters. The lowest BCUT2D eigenvalue weighted by molar-refractivity contribution is -0.150. The first-order chi connectivity index (χ1) is 24.1. The first-order valence-electron chi connectivity index (χ1n) is 18.4. The van der Waals surface area contributed by atoms with Crippen LogP contribution in [0.2, 0.25) is 0 Å². The Bertz CT molecular complexity index is 1340. The van der Waals surface area contributed by atoms with E-state index in [1.807, 2.05) is 33.4 Å². The zero-order chi connectivity index (χ0) is 36.1. The van der Waals surface area contributed by atoms with E-state index in [9.17, 15) is 9.59 Å². The summed E-state index contributed by atoms with van der Waals surface area (Å²) in [5.41, 5.74) is 1.43. The van der Waals surface area contributed by atoms with Crippen LogP contribution in [0.5, 0.6) is 0 Å². The second-order valence-electron chi connectivity index (χ2n) is 13.9. The number of hydrogen-bond donors (Lipinski definition) is 0. The zero-order valence-corrected chi connectivity index (χ0v) is 31.9. The van der Waals surface area contributed by atoms with Crippen LogP contribution in [0.1, 0.15) is 105 Å². The molecule has 0 N–H and O–H groups in total. The van der Waals surface area contributed by atoms with Crippen molar-refractivity contribution in [1.82, 2.24) is 19.7 Å². The highest BCUT2D eigenvalue weighted by atomic mass is 32.1. The number of likely N-dealkylation sites (tertiary alicyclic amines) is 1. The van der Waals surface area contributed by atoms with Crippen molar-refractivity contribution in [3.63, 3.8) is 0 Å². The Labute approximate surface area is 302 Å². The molecule has 0 bridgehead atoms. The quantitative estimate of drug-likeness (QED) is 0.124. The molecule has 2 aliphatic heterocycles. The maximum atomic E-state index is 15.7. The molecule has 0 radical (unpaired) electrons. The lowest BCUT2D eigenvalue weighted by Gasteiger charge is -2.47. The number of benzene rings is 1. The fraction of sp³-hybridized carbons (Fsp3) is 0.711. The van der Waals surface area contributed by atoms with Gasteiger partial charge in [0.1, 0.15) is 11.5 Å². The maximum Gasteiger partial charge on any atom is 0.273 e. The molecule has 1 aromatic heterocycles. The summed E-state index contributed by atoms with van der Waals surface area (Å²) < 4.78 is 38.6. The van der Waals surface area contributed by atoms with Gasteiger partial charge in [-0.25, -0.2) is 9.37 Å². The number of methoxy groups -OCH3 is 2. The van der Waals surface area contributed by atoms with Gasteiger partial charge in [-0.2, -0.15) is 0 Å². The Kier molecular flexibility index (Phi) is 16.1. The van der Waals surface area contributed by atoms with E-state index >= 15 is 4.39 Å². The van der Waals surface area contributed by atoms with Crippen molar-refractivity contribution >= 4 is 23.2 Å². The predicted octanol–water partition coefficient (Wildman–Crippen LogP) is 6.28. The van der Waals surface area contributed by atoms with Gasteiger partial charge in [0.2, 0.25) is 5.91 Å². The Morgan fingerprint density at radius 1 is 1.06 bits per heavy atom. The van der Waals surface area contributed by atoms with Gasteiger partial charge in [0, 0.05) is 63.3 Å². The number of aromatic nitrogens is 1. The molecule has 0 aliphatic carbocycles. The molecule has 2 saturated heterocycles. The standard InChI is InChI=1S/C38H59FN4O6S/c1-7-10-31(11-8-2)43(25-34(46-5)47-6)33(44)15-22-48-21-14-29-12-9-13-30(35(29)39)24-41-18-16-38(17-19-41)27-42(20-23-49-38)37(45)32-26-50-36(40-32)28(3)4/h9,12-13,26,28,31,34H,7-8,10-11,14-25,27H2,1-6H3. The zero-order valence-electron chi connectivity index (χ0n) is 31.1. The van der Waals surface area contributed by atoms with Crippen LogP contribution < -0.4 is 0 Å². The van der Waals surface area contributed by atoms with E-state index in [-0.39, 0.29) is 42.3 Å². The van der Waals surface area contributed by atoms with Crippen LogP contribution >= 0.6 is 11.3 Å². The van der Waals surface area contributed by atoms with Gasteiger partial charge in [-0.1, -0.05) is 58.7 Å². The number of halogens is 1. The van der Waals surface area contributed by atoms with Crippen LogP contribution in [0.4, 0.5) is 4.39 Å². The van der Waals surface area contributed by atoms with E-state index in [0.717, 1.165) is 56.6 Å². The number of piperidine rings is 1. The molecule has 10 nitrogen and oxygen atoms in total. The van der Waals surface area contributed by atoms with Gasteiger partial charge in [0.05, 0.1) is 49.9 Å². The second kappa shape index (κ2) is 19.9. The monoisotopic (exact) mass is 718 g/mol. The van der Waals surface area contributed by atoms with Crippen molar-refractivity contribution in [1.29, 1.82) is 0 Å². The number of morpholine rings is 1. The first-order valence-corrected chi connectivity index (χ1v) is 19.3. The van der Waals surface area contributed by atoms with Gasteiger partial charge in [-0.3, -0.25) is 14.5 Å². The number of ether oxygens (including phenoxy) is 4. The summed E-state index contributed by atoms with van der Waals surface area (Å²) >= 11 is 1.54. The number of nitrogens with zero attached hydrogens (tertiary/aromatic N) is 4. The Morgan fingerprint density at radius 3 is 2.40 bits per heavy atom. The van der Waals surface area contributed by atoms with Gasteiger partial charge >= 0.3 is 0 Å². The lowest BCUT2D eigenvalue weighted by atomic mass is 9.89. The predicted molar refractivity (Wildman–Crippen MR) is 194 cm³/mol. The average Bonchev–Trinajstić information content (AvgIpc) is 3.62. The fourth-order valence-electron chi connectivity index (χ4n) is 7.01. The number of rotatable bonds is 19. The van der Waals surface area contributed by atoms with Crippen molar-refractivity contribution in [3.05, 3.63) is 51.2 Å². The van der Waals surface area contributed by atoms with Crippen molar-refractivity contribution in [3.8, 4) is 0 Å². The highest BCUT2D eigenvalue weighted by Gasteiger charge is 2.41. The van der Waals surface area contributed by atoms with Crippen molar-refractivity contribution in [2.75, 3.05) is 66.8 Å². The summed E-state index contributed by atoms with van der Waals surface area (Å²) in [5.74, 6) is 0.0976. The third kappa shape index (κ3) is 11.0. The minimum Gasteiger partial charge on any atom is -0.381 e. The molecule has 2 amide bonds. The molecule has 3 heterocycles. The van der Waals surface area contributed by atoms with Gasteiger partial charge in [0.25, 0.3) is 5.91 Å². The molecule has 4 rings (SSSR count). The Hall–Kier alpha value is -2.48. The summed E-state index contributed by atoms with van der Waals surface area (Å²) in [4.78, 5) is 37.2. The van der Waals surface area contributed by atoms with Crippen LogP contribution in [-0.4, -0.2) is 116 Å². The molecule has 2 aliphatic rings. The second-order valence-corrected chi connectivity index (χ2v) is 14.8. The summed E-state index contributed by atoms with van der Waals surface area (Å²) in [6, 6.07) is 5.70. The van der Waals surface area contributed by atoms with Crippen LogP contribution in [-0.2, 0) is 36.7 Å². The molecule has 2 aromatic rings. The van der Waals surface area contributed by atoms with E-state index in [4.69, 9.17) is 18.9 Å². The van der Waals surface area contributed by atoms with E-state index in [1.54, 1.807) is 14.2 Å². The van der Waals surface area contributed by atoms with Crippen LogP contribution in [0.25, 0.3) is 0 Å². The van der Waals surface area contributed by atoms with Crippen LogP contribution in [0.15, 0.2) is 23.6 Å². The summed E-state index contributed by atoms with van der Waals surface area (Å²) in [6.07, 6.45) is 5.60. The number of amides is 2. The van der Waals surface area contributed by atoms with Crippen molar-refractivity contribution in [2.45, 2.75) is 109 Å². The summed E-state index contributed by atoms with van der Waals surface area (Å²) in [7, 11) is 3.17. The van der Waals surface area contributed by atoms with Crippen LogP contribution in [0.3, 0.4) is 0 Å². The van der Waals surface area contributed by atoms with Crippen molar-refractivity contribution in [2.24, 2.45) is 0 Å². The van der Waals surface area contributed by atoms with Gasteiger partial charge in [-0.05, 0) is 37.7 Å². The molecule has 1 aromatic carbocycles. The van der Waals surface area contributed by atoms with E-state index in [0.29, 0.717) is 68.6 Å². The minimum absolute atomic E-state index is 0.0186. The minimum atomic E-state index is -0.480. The number of hydrogen-bond acceptors (Lipinski definition) is 9. The number of thiazole rings is 1. The molecule has 0 saturated carbocycles. The van der Waals surface area contributed by atoms with E-state index in [2.05, 4.69) is 37.6 Å². The summed E-state index contributed by atoms with van der Waals surface area (Å²) in [6.45, 7) is 13.1. The average molecular weight is 719 g/mol. The van der Waals surface area contributed by atoms with Gasteiger partial charge in [-0.15, -0.1) is 11.3 Å². The third-order valence-corrected chi connectivity index (χ3v) is 11.1. The smallest absolute Gasteiger partial charge is 0.273 e. The van der Waals surface area contributed by atoms with Gasteiger partial charge in [0.15, 0.2) is 6.29 Å². The van der Waals surface area contributed by atoms with Crippen molar-refractivity contribution < 1.29 is 32.9 Å². The molecule has 50 heavy (non-hydrogen) atoms. The van der Waals surface area contributed by atoms with E-state index in [1.165, 1.54) is 11.3 Å². The van der Waals surface area contributed by atoms with Gasteiger partial charge < -0.3 is 28.7 Å². The number of carbonyl (C=O) groups excluding carboxylic acids is 2. The first kappa shape index (κ1) is 40.3. The highest BCUT2D eigenvalue weighted by Crippen LogP contribution is 2.32. The lowest BCUT2D eigenvalue weighted by Crippen LogP contribution is -2.58. The molecule has 280 valence electrons. The Balaban J connectivity index is 1.24. The SMILES string of the molecule is CCCC(CCC)N(CC(OC)OC)C(=O)CCOCCc1cccc(CN2CCC3(CC2)CN(C(=O)c2csc(C(C)C)n2)CCO3)c1F. The molecule has 2 fully saturated rings. The summed E-state index contributed by atoms with van der Waals surface area (Å²) in [5, 5.41) is 2.84. The Morgan fingerprint density at radius 2 is 1.76 bits per heavy atom. The molecule has 1 spiro atoms. The maximum absolute atomic E-state index is 15.7. The van der Waals surface area contributed by atoms with E-state index < -0.39 is 6.29 Å². The fourth-order valence-corrected chi connectivity index (χ4v) is 7.82. The molecule has 0 atom stereocenters. The molecule has 12 heteroatoms. The third-order valence-electron chi connectivity index (χ3n) is 9.94.